The fraction of sp³-hybridized carbons (Fsp3) is 0.292. The molecule has 3 heterocycles. The molecule has 1 aliphatic heterocycles. The first-order valence-electron chi connectivity index (χ1n) is 10.4. The maximum absolute atomic E-state index is 13.1. The summed E-state index contributed by atoms with van der Waals surface area (Å²) >= 11 is 0. The predicted molar refractivity (Wildman–Crippen MR) is 118 cm³/mol. The molecule has 1 aliphatic rings. The van der Waals surface area contributed by atoms with E-state index in [4.69, 9.17) is 0 Å². The first-order chi connectivity index (χ1) is 14.5. The third-order valence-corrected chi connectivity index (χ3v) is 6.16. The van der Waals surface area contributed by atoms with E-state index in [1.807, 2.05) is 55.1 Å². The minimum Gasteiger partial charge on any atom is -0.339 e. The standard InChI is InChI=1S/C24H24N4O2/c1-15-6-8-18(12-16(15)2)28-24(30)20-14-25-21-9-7-17(13-19(21)22(20)26-28)23(29)27-10-4-3-5-11-27/h6-9,12-14,26H,3-5,10-11H2,1-2H3. The van der Waals surface area contributed by atoms with E-state index in [0.717, 1.165) is 48.1 Å². The quantitative estimate of drug-likeness (QED) is 0.550. The molecule has 0 radical (unpaired) electrons. The molecule has 1 fully saturated rings. The lowest BCUT2D eigenvalue weighted by Crippen LogP contribution is -2.35. The molecule has 6 nitrogen and oxygen atoms in total. The molecule has 0 aliphatic carbocycles. The van der Waals surface area contributed by atoms with Crippen LogP contribution in [0.25, 0.3) is 27.5 Å². The number of hydrogen-bond donors (Lipinski definition) is 1. The SMILES string of the molecule is Cc1ccc(-n2[nH]c3c(cnc4ccc(C(=O)N5CCCCC5)cc43)c2=O)cc1C. The Labute approximate surface area is 174 Å². The highest BCUT2D eigenvalue weighted by Gasteiger charge is 2.20. The van der Waals surface area contributed by atoms with Crippen molar-refractivity contribution < 1.29 is 4.79 Å². The third kappa shape index (κ3) is 3.00. The summed E-state index contributed by atoms with van der Waals surface area (Å²) in [7, 11) is 0. The highest BCUT2D eigenvalue weighted by atomic mass is 16.2. The van der Waals surface area contributed by atoms with E-state index in [0.29, 0.717) is 16.5 Å². The molecule has 4 aromatic rings. The van der Waals surface area contributed by atoms with Gasteiger partial charge in [-0.05, 0) is 74.6 Å². The van der Waals surface area contributed by atoms with Crippen LogP contribution in [0.1, 0.15) is 40.7 Å². The van der Waals surface area contributed by atoms with Gasteiger partial charge in [-0.15, -0.1) is 0 Å². The smallest absolute Gasteiger partial charge is 0.280 e. The molecule has 0 atom stereocenters. The van der Waals surface area contributed by atoms with Gasteiger partial charge in [0.25, 0.3) is 11.5 Å². The minimum absolute atomic E-state index is 0.0459. The average molecular weight is 400 g/mol. The average Bonchev–Trinajstić information content (AvgIpc) is 3.12. The van der Waals surface area contributed by atoms with E-state index in [9.17, 15) is 9.59 Å². The number of fused-ring (bicyclic) bond motifs is 3. The maximum Gasteiger partial charge on any atom is 0.280 e. The second-order valence-corrected chi connectivity index (χ2v) is 8.15. The van der Waals surface area contributed by atoms with Crippen LogP contribution in [0.4, 0.5) is 0 Å². The largest absolute Gasteiger partial charge is 0.339 e. The van der Waals surface area contributed by atoms with Gasteiger partial charge in [-0.1, -0.05) is 6.07 Å². The van der Waals surface area contributed by atoms with Crippen LogP contribution >= 0.6 is 0 Å². The number of aromatic amines is 1. The van der Waals surface area contributed by atoms with Crippen LogP contribution in [-0.4, -0.2) is 38.7 Å². The molecule has 1 N–H and O–H groups in total. The molecular formula is C24H24N4O2. The van der Waals surface area contributed by atoms with Gasteiger partial charge < -0.3 is 4.90 Å². The molecule has 2 aromatic carbocycles. The highest BCUT2D eigenvalue weighted by molar-refractivity contribution is 6.06. The summed E-state index contributed by atoms with van der Waals surface area (Å²) in [5, 5.41) is 4.56. The second-order valence-electron chi connectivity index (χ2n) is 8.15. The van der Waals surface area contributed by atoms with E-state index in [-0.39, 0.29) is 11.5 Å². The number of aromatic nitrogens is 3. The molecule has 152 valence electrons. The second kappa shape index (κ2) is 7.13. The first-order valence-corrected chi connectivity index (χ1v) is 10.4. The normalized spacial score (nSPS) is 14.5. The van der Waals surface area contributed by atoms with E-state index in [2.05, 4.69) is 10.1 Å². The van der Waals surface area contributed by atoms with Gasteiger partial charge in [-0.3, -0.25) is 19.7 Å². The molecule has 0 unspecified atom stereocenters. The lowest BCUT2D eigenvalue weighted by molar-refractivity contribution is 0.0724. The van der Waals surface area contributed by atoms with Crippen molar-refractivity contribution in [2.45, 2.75) is 33.1 Å². The molecule has 2 aromatic heterocycles. The van der Waals surface area contributed by atoms with E-state index < -0.39 is 0 Å². The Morgan fingerprint density at radius 2 is 1.77 bits per heavy atom. The van der Waals surface area contributed by atoms with Gasteiger partial charge >= 0.3 is 0 Å². The van der Waals surface area contributed by atoms with Crippen molar-refractivity contribution >= 4 is 27.7 Å². The molecule has 0 spiro atoms. The predicted octanol–water partition coefficient (Wildman–Crippen LogP) is 4.11. The van der Waals surface area contributed by atoms with Gasteiger partial charge in [0.1, 0.15) is 0 Å². The number of nitrogens with one attached hydrogen (secondary N) is 1. The van der Waals surface area contributed by atoms with Crippen LogP contribution < -0.4 is 5.56 Å². The number of pyridine rings is 1. The molecule has 1 amide bonds. The van der Waals surface area contributed by atoms with Gasteiger partial charge in [0.05, 0.1) is 22.1 Å². The molecule has 30 heavy (non-hydrogen) atoms. The van der Waals surface area contributed by atoms with Crippen LogP contribution in [-0.2, 0) is 0 Å². The lowest BCUT2D eigenvalue weighted by Gasteiger charge is -2.26. The molecular weight excluding hydrogens is 376 g/mol. The lowest BCUT2D eigenvalue weighted by atomic mass is 10.1. The van der Waals surface area contributed by atoms with E-state index in [1.165, 1.54) is 12.0 Å². The van der Waals surface area contributed by atoms with Crippen molar-refractivity contribution in [3.63, 3.8) is 0 Å². The van der Waals surface area contributed by atoms with Gasteiger partial charge in [0.15, 0.2) is 0 Å². The summed E-state index contributed by atoms with van der Waals surface area (Å²) in [4.78, 5) is 32.4. The fourth-order valence-corrected chi connectivity index (χ4v) is 4.22. The Hall–Kier alpha value is -3.41. The molecule has 0 bridgehead atoms. The number of piperidine rings is 1. The topological polar surface area (TPSA) is 71.0 Å². The summed E-state index contributed by atoms with van der Waals surface area (Å²) in [6, 6.07) is 11.5. The van der Waals surface area contributed by atoms with Crippen LogP contribution in [0.3, 0.4) is 0 Å². The number of nitrogens with zero attached hydrogens (tertiary/aromatic N) is 3. The van der Waals surface area contributed by atoms with E-state index in [1.54, 1.807) is 10.9 Å². The molecule has 0 saturated carbocycles. The Kier molecular flexibility index (Phi) is 4.42. The van der Waals surface area contributed by atoms with Crippen LogP contribution in [0.2, 0.25) is 0 Å². The Morgan fingerprint density at radius 3 is 2.53 bits per heavy atom. The van der Waals surface area contributed by atoms with Crippen molar-refractivity contribution in [1.29, 1.82) is 0 Å². The minimum atomic E-state index is -0.143. The number of aryl methyl sites for hydroxylation is 2. The number of rotatable bonds is 2. The van der Waals surface area contributed by atoms with E-state index >= 15 is 0 Å². The zero-order valence-corrected chi connectivity index (χ0v) is 17.2. The van der Waals surface area contributed by atoms with Gasteiger partial charge in [0, 0.05) is 30.2 Å². The number of carbonyl (C=O) groups is 1. The van der Waals surface area contributed by atoms with Gasteiger partial charge in [-0.25, -0.2) is 4.68 Å². The summed E-state index contributed by atoms with van der Waals surface area (Å²) in [6.45, 7) is 5.69. The number of hydrogen-bond acceptors (Lipinski definition) is 3. The Bertz CT molecular complexity index is 1340. The molecule has 1 saturated heterocycles. The van der Waals surface area contributed by atoms with Crippen LogP contribution in [0.5, 0.6) is 0 Å². The van der Waals surface area contributed by atoms with Crippen molar-refractivity contribution in [3.05, 3.63) is 69.6 Å². The Morgan fingerprint density at radius 1 is 0.967 bits per heavy atom. The zero-order valence-electron chi connectivity index (χ0n) is 17.2. The first kappa shape index (κ1) is 18.6. The monoisotopic (exact) mass is 400 g/mol. The van der Waals surface area contributed by atoms with Crippen molar-refractivity contribution in [2.24, 2.45) is 0 Å². The number of likely N-dealkylation sites (tertiary alicyclic amines) is 1. The van der Waals surface area contributed by atoms with Gasteiger partial charge in [-0.2, -0.15) is 0 Å². The van der Waals surface area contributed by atoms with Crippen molar-refractivity contribution in [2.75, 3.05) is 13.1 Å². The summed E-state index contributed by atoms with van der Waals surface area (Å²) < 4.78 is 1.55. The molecule has 6 heteroatoms. The maximum atomic E-state index is 13.1. The third-order valence-electron chi connectivity index (χ3n) is 6.16. The summed E-state index contributed by atoms with van der Waals surface area (Å²) in [5.74, 6) is 0.0459. The van der Waals surface area contributed by atoms with Crippen molar-refractivity contribution in [3.8, 4) is 5.69 Å². The zero-order chi connectivity index (χ0) is 20.8. The van der Waals surface area contributed by atoms with Crippen molar-refractivity contribution in [1.82, 2.24) is 19.7 Å². The number of H-pyrrole nitrogens is 1. The number of benzene rings is 2. The summed E-state index contributed by atoms with van der Waals surface area (Å²) in [6.07, 6.45) is 4.90. The van der Waals surface area contributed by atoms with Gasteiger partial charge in [0.2, 0.25) is 0 Å². The number of carbonyl (C=O) groups excluding carboxylic acids is 1. The molecule has 5 rings (SSSR count). The number of amides is 1. The summed E-state index contributed by atoms with van der Waals surface area (Å²) in [5.41, 5.74) is 5.04. The highest BCUT2D eigenvalue weighted by Crippen LogP contribution is 2.24. The Balaban J connectivity index is 1.65. The van der Waals surface area contributed by atoms with Crippen LogP contribution in [0.15, 0.2) is 47.4 Å². The fourth-order valence-electron chi connectivity index (χ4n) is 4.22. The van der Waals surface area contributed by atoms with Crippen LogP contribution in [0, 0.1) is 13.8 Å².